The van der Waals surface area contributed by atoms with Gasteiger partial charge in [0.2, 0.25) is 5.95 Å². The molecule has 0 fully saturated rings. The molecule has 32 heavy (non-hydrogen) atoms. The van der Waals surface area contributed by atoms with Crippen molar-refractivity contribution in [3.8, 4) is 11.3 Å². The number of hydrogen-bond donors (Lipinski definition) is 1. The molecule has 2 aromatic heterocycles. The normalized spacial score (nSPS) is 20.8. The number of fused-ring (bicyclic) bond motifs is 4. The summed E-state index contributed by atoms with van der Waals surface area (Å²) in [5.74, 6) is 0.183. The van der Waals surface area contributed by atoms with Gasteiger partial charge < -0.3 is 4.74 Å². The summed E-state index contributed by atoms with van der Waals surface area (Å²) in [7, 11) is 0. The Bertz CT molecular complexity index is 1440. The van der Waals surface area contributed by atoms with Crippen molar-refractivity contribution in [2.75, 3.05) is 0 Å². The van der Waals surface area contributed by atoms with E-state index in [0.29, 0.717) is 17.9 Å². The van der Waals surface area contributed by atoms with Crippen molar-refractivity contribution in [3.63, 3.8) is 0 Å². The Balaban J connectivity index is 1.35. The van der Waals surface area contributed by atoms with Crippen LogP contribution in [0.3, 0.4) is 0 Å². The first-order chi connectivity index (χ1) is 15.7. The molecule has 1 aliphatic carbocycles. The van der Waals surface area contributed by atoms with Crippen molar-refractivity contribution in [3.05, 3.63) is 83.7 Å². The Hall–Kier alpha value is -4.13. The van der Waals surface area contributed by atoms with E-state index in [0.717, 1.165) is 39.1 Å². The molecule has 2 atom stereocenters. The van der Waals surface area contributed by atoms with Gasteiger partial charge in [-0.05, 0) is 42.8 Å². The van der Waals surface area contributed by atoms with Crippen LogP contribution in [-0.4, -0.2) is 38.0 Å². The predicted octanol–water partition coefficient (Wildman–Crippen LogP) is 4.68. The molecule has 0 saturated carbocycles. The van der Waals surface area contributed by atoms with Gasteiger partial charge in [-0.15, -0.1) is 0 Å². The molecule has 0 bridgehead atoms. The Labute approximate surface area is 183 Å². The molecule has 2 unspecified atom stereocenters. The Morgan fingerprint density at radius 2 is 2.00 bits per heavy atom. The highest BCUT2D eigenvalue weighted by molar-refractivity contribution is 6.00. The number of carbonyl (C=O) groups is 1. The van der Waals surface area contributed by atoms with Crippen LogP contribution in [0.5, 0.6) is 0 Å². The maximum Gasteiger partial charge on any atom is 0.339 e. The number of allylic oxidation sites excluding steroid dienone is 1. The fourth-order valence-corrected chi connectivity index (χ4v) is 4.44. The minimum Gasteiger partial charge on any atom is -0.454 e. The number of esters is 1. The van der Waals surface area contributed by atoms with Gasteiger partial charge in [0.05, 0.1) is 16.8 Å². The van der Waals surface area contributed by atoms with Crippen LogP contribution < -0.4 is 0 Å². The number of rotatable bonds is 2. The van der Waals surface area contributed by atoms with Gasteiger partial charge in [0.1, 0.15) is 6.10 Å². The lowest BCUT2D eigenvalue weighted by molar-refractivity contribution is 0.0294. The van der Waals surface area contributed by atoms with Crippen LogP contribution in [0.4, 0.5) is 5.95 Å². The van der Waals surface area contributed by atoms with Gasteiger partial charge in [-0.3, -0.25) is 5.10 Å². The van der Waals surface area contributed by atoms with Gasteiger partial charge >= 0.3 is 5.97 Å². The second-order valence-electron chi connectivity index (χ2n) is 8.07. The van der Waals surface area contributed by atoms with Crippen molar-refractivity contribution < 1.29 is 9.53 Å². The number of H-pyrrole nitrogens is 1. The topological polar surface area (TPSA) is 93.1 Å². The quantitative estimate of drug-likeness (QED) is 0.474. The lowest BCUT2D eigenvalue weighted by Gasteiger charge is -2.33. The van der Waals surface area contributed by atoms with E-state index in [1.165, 1.54) is 0 Å². The highest BCUT2D eigenvalue weighted by Crippen LogP contribution is 2.37. The highest BCUT2D eigenvalue weighted by Gasteiger charge is 2.36. The molecule has 0 saturated heterocycles. The highest BCUT2D eigenvalue weighted by atomic mass is 16.5. The zero-order chi connectivity index (χ0) is 21.7. The number of hydrogen-bond acceptors (Lipinski definition) is 6. The lowest BCUT2D eigenvalue weighted by Crippen LogP contribution is -2.34. The molecule has 7 heteroatoms. The van der Waals surface area contributed by atoms with Crippen LogP contribution >= 0.6 is 0 Å². The number of aliphatic imine (C=N–C) groups is 1. The summed E-state index contributed by atoms with van der Waals surface area (Å²) in [6.45, 7) is 1.97. The molecule has 1 aliphatic heterocycles. The largest absolute Gasteiger partial charge is 0.454 e. The Morgan fingerprint density at radius 3 is 2.88 bits per heavy atom. The average Bonchev–Trinajstić information content (AvgIpc) is 3.25. The van der Waals surface area contributed by atoms with Crippen molar-refractivity contribution in [2.45, 2.75) is 25.4 Å². The van der Waals surface area contributed by atoms with Gasteiger partial charge in [-0.1, -0.05) is 30.3 Å². The molecular weight excluding hydrogens is 402 g/mol. The number of ether oxygens (including phenoxy) is 1. The van der Waals surface area contributed by atoms with E-state index >= 15 is 0 Å². The van der Waals surface area contributed by atoms with Crippen molar-refractivity contribution >= 4 is 28.5 Å². The molecule has 0 amide bonds. The molecule has 156 valence electrons. The summed E-state index contributed by atoms with van der Waals surface area (Å²) >= 11 is 0. The van der Waals surface area contributed by atoms with E-state index in [9.17, 15) is 4.79 Å². The third kappa shape index (κ3) is 3.10. The van der Waals surface area contributed by atoms with Gasteiger partial charge in [0, 0.05) is 40.9 Å². The van der Waals surface area contributed by atoms with Crippen LogP contribution in [0.1, 0.15) is 34.0 Å². The van der Waals surface area contributed by atoms with Crippen LogP contribution in [-0.2, 0) is 4.74 Å². The fourth-order valence-electron chi connectivity index (χ4n) is 4.44. The van der Waals surface area contributed by atoms with Crippen LogP contribution in [0.25, 0.3) is 22.2 Å². The molecule has 2 aromatic carbocycles. The van der Waals surface area contributed by atoms with Crippen molar-refractivity contribution in [1.82, 2.24) is 20.2 Å². The van der Waals surface area contributed by atoms with Crippen molar-refractivity contribution in [2.24, 2.45) is 4.99 Å². The molecule has 7 nitrogen and oxygen atoms in total. The van der Waals surface area contributed by atoms with Crippen molar-refractivity contribution in [1.29, 1.82) is 0 Å². The van der Waals surface area contributed by atoms with Gasteiger partial charge in [0.25, 0.3) is 0 Å². The minimum atomic E-state index is -0.271. The number of nitrogens with zero attached hydrogens (tertiary/aromatic N) is 4. The zero-order valence-electron chi connectivity index (χ0n) is 17.3. The molecule has 2 aliphatic rings. The summed E-state index contributed by atoms with van der Waals surface area (Å²) in [6.07, 6.45) is 5.99. The van der Waals surface area contributed by atoms with Crippen LogP contribution in [0, 0.1) is 6.92 Å². The molecular formula is C25H19N5O2. The van der Waals surface area contributed by atoms with E-state index in [4.69, 9.17) is 9.73 Å². The maximum absolute atomic E-state index is 12.3. The standard InChI is InChI=1S/C25H19N5O2/c1-14-11-22(30-29-14)17-7-4-8-21-20(17)13-26-25(28-21)27-15-9-10-23-19(12-15)16-5-2-3-6-18(16)24(31)32-23/h2-11,13,19,23H,12H2,1H3,(H,29,30). The van der Waals surface area contributed by atoms with Crippen LogP contribution in [0.15, 0.2) is 71.9 Å². The number of aromatic nitrogens is 4. The maximum atomic E-state index is 12.3. The fraction of sp³-hybridized carbons (Fsp3) is 0.160. The summed E-state index contributed by atoms with van der Waals surface area (Å²) in [5, 5.41) is 8.27. The number of nitrogens with one attached hydrogen (secondary N) is 1. The van der Waals surface area contributed by atoms with E-state index < -0.39 is 0 Å². The second-order valence-corrected chi connectivity index (χ2v) is 8.07. The lowest BCUT2D eigenvalue weighted by atomic mass is 9.80. The second kappa shape index (κ2) is 7.23. The minimum absolute atomic E-state index is 0.0441. The van der Waals surface area contributed by atoms with E-state index in [2.05, 4.69) is 20.2 Å². The third-order valence-corrected chi connectivity index (χ3v) is 5.97. The molecule has 0 spiro atoms. The van der Waals surface area contributed by atoms with Gasteiger partial charge in [0.15, 0.2) is 0 Å². The van der Waals surface area contributed by atoms with E-state index in [-0.39, 0.29) is 18.0 Å². The summed E-state index contributed by atoms with van der Waals surface area (Å²) in [6, 6.07) is 15.5. The Kier molecular flexibility index (Phi) is 4.21. The summed E-state index contributed by atoms with van der Waals surface area (Å²) in [4.78, 5) is 26.1. The summed E-state index contributed by atoms with van der Waals surface area (Å²) in [5.41, 5.74) is 6.15. The van der Waals surface area contributed by atoms with Gasteiger partial charge in [-0.2, -0.15) is 5.10 Å². The first kappa shape index (κ1) is 18.6. The predicted molar refractivity (Wildman–Crippen MR) is 121 cm³/mol. The monoisotopic (exact) mass is 421 g/mol. The number of aromatic amines is 1. The SMILES string of the molecule is Cc1cc(-c2cccc3nc(N=C4C=CC5OC(=O)c6ccccc6C5C4)ncc23)n[nH]1. The van der Waals surface area contributed by atoms with E-state index in [1.807, 2.05) is 67.6 Å². The molecule has 0 radical (unpaired) electrons. The Morgan fingerprint density at radius 1 is 1.12 bits per heavy atom. The zero-order valence-corrected chi connectivity index (χ0v) is 17.3. The van der Waals surface area contributed by atoms with E-state index in [1.54, 1.807) is 6.20 Å². The number of benzene rings is 2. The summed E-state index contributed by atoms with van der Waals surface area (Å²) < 4.78 is 5.61. The number of aryl methyl sites for hydroxylation is 1. The molecule has 6 rings (SSSR count). The third-order valence-electron chi connectivity index (χ3n) is 5.97. The number of carbonyl (C=O) groups excluding carboxylic acids is 1. The first-order valence-corrected chi connectivity index (χ1v) is 10.5. The molecule has 1 N–H and O–H groups in total. The van der Waals surface area contributed by atoms with Gasteiger partial charge in [-0.25, -0.2) is 19.8 Å². The molecule has 3 heterocycles. The smallest absolute Gasteiger partial charge is 0.339 e. The van der Waals surface area contributed by atoms with Crippen LogP contribution in [0.2, 0.25) is 0 Å². The average molecular weight is 421 g/mol. The first-order valence-electron chi connectivity index (χ1n) is 10.5. The molecule has 4 aromatic rings.